The highest BCUT2D eigenvalue weighted by Crippen LogP contribution is 2.21. The zero-order chi connectivity index (χ0) is 14.4. The highest BCUT2D eigenvalue weighted by molar-refractivity contribution is 7.99. The van der Waals surface area contributed by atoms with E-state index in [0.29, 0.717) is 10.9 Å². The lowest BCUT2D eigenvalue weighted by atomic mass is 9.96. The van der Waals surface area contributed by atoms with Gasteiger partial charge < -0.3 is 5.32 Å². The Hall–Kier alpha value is -0.520. The predicted molar refractivity (Wildman–Crippen MR) is 85.2 cm³/mol. The lowest BCUT2D eigenvalue weighted by Gasteiger charge is -2.22. The fourth-order valence-corrected chi connectivity index (χ4v) is 3.94. The first kappa shape index (κ1) is 15.9. The fourth-order valence-electron chi connectivity index (χ4n) is 2.52. The summed E-state index contributed by atoms with van der Waals surface area (Å²) in [6, 6.07) is 7.86. The Balaban J connectivity index is 1.71. The number of rotatable bonds is 6. The van der Waals surface area contributed by atoms with Gasteiger partial charge in [0.2, 0.25) is 0 Å². The third-order valence-electron chi connectivity index (χ3n) is 3.66. The Kier molecular flexibility index (Phi) is 5.93. The van der Waals surface area contributed by atoms with E-state index in [1.807, 2.05) is 12.1 Å². The maximum atomic E-state index is 11.4. The summed E-state index contributed by atoms with van der Waals surface area (Å²) in [5.41, 5.74) is 0. The summed E-state index contributed by atoms with van der Waals surface area (Å²) in [5.74, 6) is 1.02. The molecule has 5 heteroatoms. The highest BCUT2D eigenvalue weighted by atomic mass is 32.2. The molecule has 1 fully saturated rings. The predicted octanol–water partition coefficient (Wildman–Crippen LogP) is 3.10. The van der Waals surface area contributed by atoms with Gasteiger partial charge in [0.15, 0.2) is 9.84 Å². The Morgan fingerprint density at radius 1 is 1.15 bits per heavy atom. The van der Waals surface area contributed by atoms with Crippen molar-refractivity contribution in [3.8, 4) is 0 Å². The second-order valence-corrected chi connectivity index (χ2v) is 8.57. The average molecular weight is 313 g/mol. The minimum absolute atomic E-state index is 0.391. The second kappa shape index (κ2) is 7.48. The van der Waals surface area contributed by atoms with Crippen LogP contribution < -0.4 is 5.32 Å². The van der Waals surface area contributed by atoms with Gasteiger partial charge in [-0.25, -0.2) is 8.42 Å². The van der Waals surface area contributed by atoms with E-state index in [0.717, 1.165) is 17.2 Å². The van der Waals surface area contributed by atoms with Crippen LogP contribution >= 0.6 is 11.8 Å². The van der Waals surface area contributed by atoms with Gasteiger partial charge in [-0.15, -0.1) is 11.8 Å². The molecule has 112 valence electrons. The van der Waals surface area contributed by atoms with E-state index >= 15 is 0 Å². The van der Waals surface area contributed by atoms with Crippen LogP contribution in [0.4, 0.5) is 0 Å². The summed E-state index contributed by atoms with van der Waals surface area (Å²) in [7, 11) is -3.08. The van der Waals surface area contributed by atoms with Gasteiger partial charge in [-0.1, -0.05) is 19.3 Å². The third-order valence-corrected chi connectivity index (χ3v) is 5.80. The molecule has 2 rings (SSSR count). The van der Waals surface area contributed by atoms with E-state index in [1.54, 1.807) is 23.9 Å². The van der Waals surface area contributed by atoms with E-state index in [1.165, 1.54) is 38.4 Å². The van der Waals surface area contributed by atoms with Crippen LogP contribution in [-0.4, -0.2) is 33.0 Å². The van der Waals surface area contributed by atoms with E-state index in [4.69, 9.17) is 0 Å². The quantitative estimate of drug-likeness (QED) is 0.647. The third kappa shape index (κ3) is 5.11. The first-order chi connectivity index (χ1) is 9.55. The summed E-state index contributed by atoms with van der Waals surface area (Å²) in [6.07, 6.45) is 7.97. The molecular formula is C15H23NO2S2. The highest BCUT2D eigenvalue weighted by Gasteiger charge is 2.12. The molecule has 20 heavy (non-hydrogen) atoms. The zero-order valence-corrected chi connectivity index (χ0v) is 13.6. The molecule has 0 spiro atoms. The van der Waals surface area contributed by atoms with Gasteiger partial charge in [-0.05, 0) is 37.1 Å². The van der Waals surface area contributed by atoms with Crippen LogP contribution in [0.2, 0.25) is 0 Å². The van der Waals surface area contributed by atoms with Gasteiger partial charge in [0.1, 0.15) is 0 Å². The zero-order valence-electron chi connectivity index (χ0n) is 12.0. The van der Waals surface area contributed by atoms with Crippen molar-refractivity contribution < 1.29 is 8.42 Å². The van der Waals surface area contributed by atoms with Crippen LogP contribution in [-0.2, 0) is 9.84 Å². The van der Waals surface area contributed by atoms with Crippen molar-refractivity contribution in [2.75, 3.05) is 18.6 Å². The smallest absolute Gasteiger partial charge is 0.175 e. The lowest BCUT2D eigenvalue weighted by Crippen LogP contribution is -2.32. The number of nitrogens with one attached hydrogen (secondary N) is 1. The van der Waals surface area contributed by atoms with E-state index in [9.17, 15) is 8.42 Å². The van der Waals surface area contributed by atoms with Gasteiger partial charge >= 0.3 is 0 Å². The fraction of sp³-hybridized carbons (Fsp3) is 0.600. The molecule has 1 aliphatic rings. The molecule has 0 radical (unpaired) electrons. The normalized spacial score (nSPS) is 17.2. The minimum Gasteiger partial charge on any atom is -0.313 e. The Labute approximate surface area is 126 Å². The van der Waals surface area contributed by atoms with Crippen molar-refractivity contribution in [2.24, 2.45) is 0 Å². The van der Waals surface area contributed by atoms with Crippen molar-refractivity contribution >= 4 is 21.6 Å². The van der Waals surface area contributed by atoms with E-state index in [2.05, 4.69) is 5.32 Å². The molecule has 1 N–H and O–H groups in total. The average Bonchev–Trinajstić information content (AvgIpc) is 2.44. The maximum Gasteiger partial charge on any atom is 0.175 e. The lowest BCUT2D eigenvalue weighted by molar-refractivity contribution is 0.381. The number of hydrogen-bond acceptors (Lipinski definition) is 4. The standard InChI is InChI=1S/C15H23NO2S2/c1-20(17,18)15-9-7-14(8-10-15)19-12-11-16-13-5-3-2-4-6-13/h7-10,13,16H,2-6,11-12H2,1H3. The van der Waals surface area contributed by atoms with Crippen LogP contribution in [0.25, 0.3) is 0 Å². The van der Waals surface area contributed by atoms with Crippen LogP contribution in [0.1, 0.15) is 32.1 Å². The Morgan fingerprint density at radius 2 is 1.80 bits per heavy atom. The molecule has 0 unspecified atom stereocenters. The molecule has 0 atom stereocenters. The maximum absolute atomic E-state index is 11.4. The molecule has 0 aliphatic heterocycles. The summed E-state index contributed by atoms with van der Waals surface area (Å²) in [4.78, 5) is 1.52. The molecule has 1 aromatic rings. The molecule has 0 saturated heterocycles. The number of thioether (sulfide) groups is 1. The largest absolute Gasteiger partial charge is 0.313 e. The molecule has 0 amide bonds. The topological polar surface area (TPSA) is 46.2 Å². The van der Waals surface area contributed by atoms with Gasteiger partial charge in [-0.3, -0.25) is 0 Å². The summed E-state index contributed by atoms with van der Waals surface area (Å²) < 4.78 is 22.7. The Bertz CT molecular complexity index is 505. The first-order valence-corrected chi connectivity index (χ1v) is 10.1. The minimum atomic E-state index is -3.08. The van der Waals surface area contributed by atoms with Crippen LogP contribution in [0.15, 0.2) is 34.1 Å². The van der Waals surface area contributed by atoms with Crippen LogP contribution in [0.3, 0.4) is 0 Å². The number of hydrogen-bond donors (Lipinski definition) is 1. The van der Waals surface area contributed by atoms with Crippen molar-refractivity contribution in [1.82, 2.24) is 5.32 Å². The molecular weight excluding hydrogens is 290 g/mol. The van der Waals surface area contributed by atoms with Gasteiger partial charge in [-0.2, -0.15) is 0 Å². The molecule has 0 bridgehead atoms. The molecule has 0 heterocycles. The molecule has 1 aromatic carbocycles. The summed E-state index contributed by atoms with van der Waals surface area (Å²) >= 11 is 1.77. The van der Waals surface area contributed by atoms with Crippen molar-refractivity contribution in [1.29, 1.82) is 0 Å². The molecule has 1 saturated carbocycles. The van der Waals surface area contributed by atoms with Gasteiger partial charge in [0.05, 0.1) is 4.90 Å². The van der Waals surface area contributed by atoms with Crippen LogP contribution in [0, 0.1) is 0 Å². The van der Waals surface area contributed by atoms with E-state index in [-0.39, 0.29) is 0 Å². The molecule has 0 aromatic heterocycles. The van der Waals surface area contributed by atoms with Gasteiger partial charge in [0, 0.05) is 29.5 Å². The van der Waals surface area contributed by atoms with E-state index < -0.39 is 9.84 Å². The SMILES string of the molecule is CS(=O)(=O)c1ccc(SCCNC2CCCCC2)cc1. The number of sulfone groups is 1. The Morgan fingerprint density at radius 3 is 2.40 bits per heavy atom. The second-order valence-electron chi connectivity index (χ2n) is 5.38. The molecule has 3 nitrogen and oxygen atoms in total. The van der Waals surface area contributed by atoms with Crippen molar-refractivity contribution in [2.45, 2.75) is 47.9 Å². The summed E-state index contributed by atoms with van der Waals surface area (Å²) in [6.45, 7) is 1.02. The van der Waals surface area contributed by atoms with Crippen molar-refractivity contribution in [3.05, 3.63) is 24.3 Å². The monoisotopic (exact) mass is 313 g/mol. The first-order valence-electron chi connectivity index (χ1n) is 7.22. The van der Waals surface area contributed by atoms with Crippen LogP contribution in [0.5, 0.6) is 0 Å². The summed E-state index contributed by atoms with van der Waals surface area (Å²) in [5, 5.41) is 3.61. The van der Waals surface area contributed by atoms with Crippen molar-refractivity contribution in [3.63, 3.8) is 0 Å². The molecule has 1 aliphatic carbocycles. The van der Waals surface area contributed by atoms with Gasteiger partial charge in [0.25, 0.3) is 0 Å². The number of benzene rings is 1.